The first kappa shape index (κ1) is 12.1. The summed E-state index contributed by atoms with van der Waals surface area (Å²) in [4.78, 5) is 2.47. The van der Waals surface area contributed by atoms with Gasteiger partial charge in [-0.1, -0.05) is 6.92 Å². The minimum Gasteiger partial charge on any atom is -0.492 e. The molecule has 0 atom stereocenters. The Hall–Kier alpha value is -1.38. The van der Waals surface area contributed by atoms with Crippen molar-refractivity contribution >= 4 is 11.4 Å². The van der Waals surface area contributed by atoms with Gasteiger partial charge in [0.15, 0.2) is 0 Å². The summed E-state index contributed by atoms with van der Waals surface area (Å²) < 4.78 is 5.55. The van der Waals surface area contributed by atoms with E-state index in [4.69, 9.17) is 10.5 Å². The number of nitrogen functional groups attached to an aromatic ring is 1. The molecule has 1 fully saturated rings. The molecule has 2 rings (SSSR count). The Labute approximate surface area is 104 Å². The van der Waals surface area contributed by atoms with Crippen LogP contribution in [0.1, 0.15) is 33.1 Å². The molecule has 0 aliphatic heterocycles. The first-order valence-corrected chi connectivity index (χ1v) is 6.55. The average molecular weight is 234 g/mol. The van der Waals surface area contributed by atoms with Gasteiger partial charge >= 0.3 is 0 Å². The minimum atomic E-state index is 0.658. The van der Waals surface area contributed by atoms with Crippen molar-refractivity contribution in [1.29, 1.82) is 0 Å². The van der Waals surface area contributed by atoms with Crippen molar-refractivity contribution in [3.8, 4) is 5.75 Å². The second-order valence-electron chi connectivity index (χ2n) is 4.58. The van der Waals surface area contributed by atoms with E-state index in [0.29, 0.717) is 6.61 Å². The molecule has 0 aromatic heterocycles. The summed E-state index contributed by atoms with van der Waals surface area (Å²) in [6.45, 7) is 5.97. The number of nitrogens with two attached hydrogens (primary N) is 1. The fraction of sp³-hybridized carbons (Fsp3) is 0.571. The molecule has 3 heteroatoms. The van der Waals surface area contributed by atoms with Gasteiger partial charge in [0.25, 0.3) is 0 Å². The van der Waals surface area contributed by atoms with E-state index in [1.165, 1.54) is 24.9 Å². The maximum absolute atomic E-state index is 5.90. The molecule has 1 aromatic rings. The predicted octanol–water partition coefficient (Wildman–Crippen LogP) is 3.05. The van der Waals surface area contributed by atoms with E-state index in [1.807, 2.05) is 13.0 Å². The SMILES string of the molecule is CCCN(c1ccc(N)c(OCC)c1)C1CC1. The average Bonchev–Trinajstić information content (AvgIpc) is 3.14. The molecule has 94 valence electrons. The molecular weight excluding hydrogens is 212 g/mol. The third kappa shape index (κ3) is 2.84. The van der Waals surface area contributed by atoms with Crippen molar-refractivity contribution in [3.63, 3.8) is 0 Å². The Kier molecular flexibility index (Phi) is 3.77. The minimum absolute atomic E-state index is 0.658. The zero-order chi connectivity index (χ0) is 12.3. The summed E-state index contributed by atoms with van der Waals surface area (Å²) in [5.74, 6) is 0.812. The van der Waals surface area contributed by atoms with E-state index in [9.17, 15) is 0 Å². The van der Waals surface area contributed by atoms with E-state index >= 15 is 0 Å². The quantitative estimate of drug-likeness (QED) is 0.769. The highest BCUT2D eigenvalue weighted by Crippen LogP contribution is 2.35. The molecule has 0 spiro atoms. The van der Waals surface area contributed by atoms with Gasteiger partial charge in [-0.2, -0.15) is 0 Å². The highest BCUT2D eigenvalue weighted by Gasteiger charge is 2.28. The summed E-state index contributed by atoms with van der Waals surface area (Å²) in [7, 11) is 0. The van der Waals surface area contributed by atoms with E-state index in [2.05, 4.69) is 24.0 Å². The number of hydrogen-bond donors (Lipinski definition) is 1. The van der Waals surface area contributed by atoms with Crippen molar-refractivity contribution in [2.24, 2.45) is 0 Å². The smallest absolute Gasteiger partial charge is 0.144 e. The van der Waals surface area contributed by atoms with Crippen LogP contribution in [-0.2, 0) is 0 Å². The zero-order valence-electron chi connectivity index (χ0n) is 10.8. The normalized spacial score (nSPS) is 14.7. The monoisotopic (exact) mass is 234 g/mol. The molecule has 1 saturated carbocycles. The first-order valence-electron chi connectivity index (χ1n) is 6.55. The van der Waals surface area contributed by atoms with Crippen molar-refractivity contribution in [2.75, 3.05) is 23.8 Å². The van der Waals surface area contributed by atoms with Crippen LogP contribution in [0, 0.1) is 0 Å². The lowest BCUT2D eigenvalue weighted by Crippen LogP contribution is -2.26. The van der Waals surface area contributed by atoms with Gasteiger partial charge in [0, 0.05) is 24.3 Å². The number of benzene rings is 1. The third-order valence-corrected chi connectivity index (χ3v) is 3.08. The van der Waals surface area contributed by atoms with E-state index in [1.54, 1.807) is 0 Å². The molecule has 0 heterocycles. The third-order valence-electron chi connectivity index (χ3n) is 3.08. The molecule has 0 amide bonds. The predicted molar refractivity (Wildman–Crippen MR) is 72.7 cm³/mol. The van der Waals surface area contributed by atoms with Gasteiger partial charge in [0.05, 0.1) is 12.3 Å². The highest BCUT2D eigenvalue weighted by atomic mass is 16.5. The summed E-state index contributed by atoms with van der Waals surface area (Å²) in [5, 5.41) is 0. The molecule has 0 bridgehead atoms. The fourth-order valence-electron chi connectivity index (χ4n) is 2.13. The van der Waals surface area contributed by atoms with Crippen molar-refractivity contribution in [2.45, 2.75) is 39.2 Å². The molecule has 1 aliphatic carbocycles. The van der Waals surface area contributed by atoms with Gasteiger partial charge in [0.1, 0.15) is 5.75 Å². The fourth-order valence-corrected chi connectivity index (χ4v) is 2.13. The van der Waals surface area contributed by atoms with E-state index < -0.39 is 0 Å². The van der Waals surface area contributed by atoms with Crippen LogP contribution in [0.4, 0.5) is 11.4 Å². The van der Waals surface area contributed by atoms with Crippen molar-refractivity contribution in [1.82, 2.24) is 0 Å². The largest absolute Gasteiger partial charge is 0.492 e. The molecule has 2 N–H and O–H groups in total. The topological polar surface area (TPSA) is 38.5 Å². The van der Waals surface area contributed by atoms with Crippen molar-refractivity contribution < 1.29 is 4.74 Å². The van der Waals surface area contributed by atoms with Crippen LogP contribution in [0.15, 0.2) is 18.2 Å². The maximum Gasteiger partial charge on any atom is 0.144 e. The number of hydrogen-bond acceptors (Lipinski definition) is 3. The number of nitrogens with zero attached hydrogens (tertiary/aromatic N) is 1. The van der Waals surface area contributed by atoms with E-state index in [-0.39, 0.29) is 0 Å². The van der Waals surface area contributed by atoms with Crippen LogP contribution in [0.25, 0.3) is 0 Å². The van der Waals surface area contributed by atoms with E-state index in [0.717, 1.165) is 24.0 Å². The van der Waals surface area contributed by atoms with Gasteiger partial charge < -0.3 is 15.4 Å². The lowest BCUT2D eigenvalue weighted by molar-refractivity contribution is 0.342. The van der Waals surface area contributed by atoms with Crippen LogP contribution in [0.3, 0.4) is 0 Å². The van der Waals surface area contributed by atoms with Crippen LogP contribution >= 0.6 is 0 Å². The summed E-state index contributed by atoms with van der Waals surface area (Å²) in [6.07, 6.45) is 3.80. The highest BCUT2D eigenvalue weighted by molar-refractivity contribution is 5.63. The van der Waals surface area contributed by atoms with Gasteiger partial charge in [0.2, 0.25) is 0 Å². The lowest BCUT2D eigenvalue weighted by atomic mass is 10.2. The maximum atomic E-state index is 5.90. The second kappa shape index (κ2) is 5.30. The molecule has 0 unspecified atom stereocenters. The lowest BCUT2D eigenvalue weighted by Gasteiger charge is -2.25. The summed E-state index contributed by atoms with van der Waals surface area (Å²) >= 11 is 0. The van der Waals surface area contributed by atoms with Crippen LogP contribution in [0.5, 0.6) is 5.75 Å². The van der Waals surface area contributed by atoms with Gasteiger partial charge in [-0.25, -0.2) is 0 Å². The van der Waals surface area contributed by atoms with Crippen LogP contribution < -0.4 is 15.4 Å². The first-order chi connectivity index (χ1) is 8.26. The van der Waals surface area contributed by atoms with Gasteiger partial charge in [-0.3, -0.25) is 0 Å². The Balaban J connectivity index is 2.20. The zero-order valence-corrected chi connectivity index (χ0v) is 10.8. The Morgan fingerprint density at radius 3 is 2.71 bits per heavy atom. The Morgan fingerprint density at radius 2 is 2.12 bits per heavy atom. The van der Waals surface area contributed by atoms with Gasteiger partial charge in [-0.05, 0) is 38.3 Å². The molecule has 17 heavy (non-hydrogen) atoms. The summed E-state index contributed by atoms with van der Waals surface area (Å²) in [5.41, 5.74) is 7.87. The second-order valence-corrected chi connectivity index (χ2v) is 4.58. The Morgan fingerprint density at radius 1 is 1.35 bits per heavy atom. The Bertz CT molecular complexity index is 374. The molecule has 0 saturated heterocycles. The standard InChI is InChI=1S/C14H22N2O/c1-3-9-16(11-5-6-11)12-7-8-13(15)14(10-12)17-4-2/h7-8,10-11H,3-6,9,15H2,1-2H3. The molecule has 1 aromatic carbocycles. The van der Waals surface area contributed by atoms with Crippen LogP contribution in [-0.4, -0.2) is 19.2 Å². The number of ether oxygens (including phenoxy) is 1. The van der Waals surface area contributed by atoms with Crippen LogP contribution in [0.2, 0.25) is 0 Å². The molecule has 0 radical (unpaired) electrons. The number of anilines is 2. The summed E-state index contributed by atoms with van der Waals surface area (Å²) in [6, 6.07) is 6.86. The molecular formula is C14H22N2O. The van der Waals surface area contributed by atoms with Crippen molar-refractivity contribution in [3.05, 3.63) is 18.2 Å². The molecule has 1 aliphatic rings. The van der Waals surface area contributed by atoms with Gasteiger partial charge in [-0.15, -0.1) is 0 Å². The number of rotatable bonds is 6. The molecule has 3 nitrogen and oxygen atoms in total.